The van der Waals surface area contributed by atoms with E-state index in [4.69, 9.17) is 30.1 Å². The molecule has 0 radical (unpaired) electrons. The SMILES string of the molecule is O=C(O)O.O=C1CCC(=O)N1O.O[C@@H]1CCOC1. The molecule has 0 unspecified atom stereocenters. The normalized spacial score (nSPS) is 21.9. The number of nitrogens with zero attached hydrogens (tertiary/aromatic N) is 1. The van der Waals surface area contributed by atoms with E-state index >= 15 is 0 Å². The summed E-state index contributed by atoms with van der Waals surface area (Å²) >= 11 is 0. The molecule has 2 rings (SSSR count). The Morgan fingerprint density at radius 2 is 1.67 bits per heavy atom. The standard InChI is InChI=1S/C4H5NO3.C4H8O2.CH2O3/c6-3-1-2-4(7)5(3)8;5-4-1-2-6-3-4;2-1(3)4/h8H,1-2H2;4-5H,1-3H2;(H2,2,3,4)/t;4-;/m.1./s1. The van der Waals surface area contributed by atoms with Crippen LogP contribution < -0.4 is 0 Å². The van der Waals surface area contributed by atoms with Crippen molar-refractivity contribution >= 4 is 18.0 Å². The number of hydrogen-bond acceptors (Lipinski definition) is 6. The third-order valence-electron chi connectivity index (χ3n) is 1.93. The van der Waals surface area contributed by atoms with E-state index in [-0.39, 0.29) is 24.0 Å². The van der Waals surface area contributed by atoms with Crippen LogP contribution in [0.15, 0.2) is 0 Å². The predicted octanol–water partition coefficient (Wildman–Crippen LogP) is -0.485. The second-order valence-corrected chi connectivity index (χ2v) is 3.40. The van der Waals surface area contributed by atoms with Crippen LogP contribution in [0.3, 0.4) is 0 Å². The van der Waals surface area contributed by atoms with E-state index in [0.29, 0.717) is 6.61 Å². The van der Waals surface area contributed by atoms with Crippen molar-refractivity contribution < 1.29 is 39.6 Å². The minimum atomic E-state index is -1.83. The Bertz CT molecular complexity index is 279. The number of carbonyl (C=O) groups excluding carboxylic acids is 2. The highest BCUT2D eigenvalue weighted by molar-refractivity contribution is 6.00. The van der Waals surface area contributed by atoms with Crippen LogP contribution in [0.4, 0.5) is 4.79 Å². The molecule has 0 spiro atoms. The van der Waals surface area contributed by atoms with Gasteiger partial charge in [-0.25, -0.2) is 4.79 Å². The maximum absolute atomic E-state index is 10.2. The van der Waals surface area contributed by atoms with Gasteiger partial charge in [-0.2, -0.15) is 5.06 Å². The Morgan fingerprint density at radius 1 is 1.22 bits per heavy atom. The van der Waals surface area contributed by atoms with Crippen molar-refractivity contribution in [2.45, 2.75) is 25.4 Å². The highest BCUT2D eigenvalue weighted by atomic mass is 16.6. The van der Waals surface area contributed by atoms with Gasteiger partial charge in [0.2, 0.25) is 0 Å². The lowest BCUT2D eigenvalue weighted by atomic mass is 10.3. The quantitative estimate of drug-likeness (QED) is 0.339. The summed E-state index contributed by atoms with van der Waals surface area (Å²) in [6.45, 7) is 1.28. The molecular weight excluding hydrogens is 250 g/mol. The summed E-state index contributed by atoms with van der Waals surface area (Å²) in [7, 11) is 0. The lowest BCUT2D eigenvalue weighted by molar-refractivity contribution is -0.171. The maximum atomic E-state index is 10.2. The number of imide groups is 1. The van der Waals surface area contributed by atoms with Crippen LogP contribution in [0.2, 0.25) is 0 Å². The van der Waals surface area contributed by atoms with Crippen LogP contribution in [0.5, 0.6) is 0 Å². The van der Waals surface area contributed by atoms with Gasteiger partial charge in [-0.05, 0) is 6.42 Å². The highest BCUT2D eigenvalue weighted by Crippen LogP contribution is 2.07. The third kappa shape index (κ3) is 7.54. The van der Waals surface area contributed by atoms with Gasteiger partial charge in [-0.3, -0.25) is 14.8 Å². The molecule has 9 nitrogen and oxygen atoms in total. The topological polar surface area (TPSA) is 145 Å². The van der Waals surface area contributed by atoms with Gasteiger partial charge in [-0.1, -0.05) is 0 Å². The van der Waals surface area contributed by atoms with Crippen LogP contribution in [0.25, 0.3) is 0 Å². The van der Waals surface area contributed by atoms with E-state index in [2.05, 4.69) is 0 Å². The van der Waals surface area contributed by atoms with Gasteiger partial charge < -0.3 is 20.1 Å². The van der Waals surface area contributed by atoms with Crippen molar-refractivity contribution in [1.82, 2.24) is 5.06 Å². The molecule has 104 valence electrons. The van der Waals surface area contributed by atoms with Crippen LogP contribution >= 0.6 is 0 Å². The average Bonchev–Trinajstić information content (AvgIpc) is 2.84. The van der Waals surface area contributed by atoms with Crippen molar-refractivity contribution in [3.8, 4) is 0 Å². The first-order chi connectivity index (χ1) is 8.34. The molecule has 18 heavy (non-hydrogen) atoms. The summed E-state index contributed by atoms with van der Waals surface area (Å²) < 4.78 is 4.81. The molecule has 0 aromatic rings. The minimum absolute atomic E-state index is 0.148. The minimum Gasteiger partial charge on any atom is -0.450 e. The monoisotopic (exact) mass is 265 g/mol. The fraction of sp³-hybridized carbons (Fsp3) is 0.667. The van der Waals surface area contributed by atoms with Crippen molar-refractivity contribution in [3.63, 3.8) is 0 Å². The number of hydrogen-bond donors (Lipinski definition) is 4. The molecule has 2 amide bonds. The Morgan fingerprint density at radius 3 is 1.78 bits per heavy atom. The lowest BCUT2D eigenvalue weighted by Gasteiger charge is -1.98. The van der Waals surface area contributed by atoms with Gasteiger partial charge in [0.15, 0.2) is 0 Å². The molecule has 2 saturated heterocycles. The van der Waals surface area contributed by atoms with Crippen LogP contribution in [-0.4, -0.2) is 62.9 Å². The summed E-state index contributed by atoms with van der Waals surface area (Å²) in [5.41, 5.74) is 0. The fourth-order valence-electron chi connectivity index (χ4n) is 1.09. The van der Waals surface area contributed by atoms with Crippen LogP contribution in [0.1, 0.15) is 19.3 Å². The number of aliphatic hydroxyl groups is 1. The van der Waals surface area contributed by atoms with Gasteiger partial charge in [0.25, 0.3) is 11.8 Å². The number of hydroxylamine groups is 2. The van der Waals surface area contributed by atoms with E-state index in [1.54, 1.807) is 0 Å². The smallest absolute Gasteiger partial charge is 0.450 e. The zero-order valence-electron chi connectivity index (χ0n) is 9.48. The Balaban J connectivity index is 0.000000257. The number of carbonyl (C=O) groups is 3. The summed E-state index contributed by atoms with van der Waals surface area (Å²) in [6, 6.07) is 0. The first-order valence-electron chi connectivity index (χ1n) is 5.07. The molecule has 0 aromatic carbocycles. The van der Waals surface area contributed by atoms with E-state index in [0.717, 1.165) is 13.0 Å². The van der Waals surface area contributed by atoms with Crippen LogP contribution in [0, 0.1) is 0 Å². The number of ether oxygens (including phenoxy) is 1. The molecule has 2 fully saturated rings. The molecule has 1 atom stereocenters. The van der Waals surface area contributed by atoms with Crippen LogP contribution in [-0.2, 0) is 14.3 Å². The Kier molecular flexibility index (Phi) is 7.59. The van der Waals surface area contributed by atoms with Crippen molar-refractivity contribution in [1.29, 1.82) is 0 Å². The second kappa shape index (κ2) is 8.39. The average molecular weight is 265 g/mol. The van der Waals surface area contributed by atoms with Gasteiger partial charge in [0, 0.05) is 19.4 Å². The molecule has 9 heteroatoms. The summed E-state index contributed by atoms with van der Waals surface area (Å²) in [6.07, 6.45) is -0.894. The molecule has 0 aliphatic carbocycles. The highest BCUT2D eigenvalue weighted by Gasteiger charge is 2.26. The molecule has 2 aliphatic heterocycles. The zero-order valence-corrected chi connectivity index (χ0v) is 9.48. The Hall–Kier alpha value is -1.71. The van der Waals surface area contributed by atoms with E-state index in [1.165, 1.54) is 0 Å². The Labute approximate surface area is 102 Å². The summed E-state index contributed by atoms with van der Waals surface area (Å²) in [5, 5.41) is 31.1. The summed E-state index contributed by atoms with van der Waals surface area (Å²) in [4.78, 5) is 29.0. The molecule has 0 saturated carbocycles. The molecule has 0 aromatic heterocycles. The molecule has 4 N–H and O–H groups in total. The van der Waals surface area contributed by atoms with E-state index in [9.17, 15) is 9.59 Å². The molecule has 0 bridgehead atoms. The number of carboxylic acid groups (broad SMARTS) is 2. The van der Waals surface area contributed by atoms with Gasteiger partial charge >= 0.3 is 6.16 Å². The number of rotatable bonds is 0. The van der Waals surface area contributed by atoms with Crippen molar-refractivity contribution in [3.05, 3.63) is 0 Å². The third-order valence-corrected chi connectivity index (χ3v) is 1.93. The first kappa shape index (κ1) is 16.3. The van der Waals surface area contributed by atoms with E-state index in [1.807, 2.05) is 0 Å². The summed E-state index contributed by atoms with van der Waals surface area (Å²) in [5.74, 6) is -1.01. The zero-order chi connectivity index (χ0) is 14.1. The van der Waals surface area contributed by atoms with Gasteiger partial charge in [-0.15, -0.1) is 0 Å². The maximum Gasteiger partial charge on any atom is 0.503 e. The van der Waals surface area contributed by atoms with Crippen molar-refractivity contribution in [2.75, 3.05) is 13.2 Å². The van der Waals surface area contributed by atoms with Crippen molar-refractivity contribution in [2.24, 2.45) is 0 Å². The second-order valence-electron chi connectivity index (χ2n) is 3.40. The number of amides is 2. The molecular formula is C9H15NO8. The largest absolute Gasteiger partial charge is 0.503 e. The lowest BCUT2D eigenvalue weighted by Crippen LogP contribution is -2.24. The van der Waals surface area contributed by atoms with E-state index < -0.39 is 18.0 Å². The van der Waals surface area contributed by atoms with Gasteiger partial charge in [0.05, 0.1) is 12.7 Å². The number of aliphatic hydroxyl groups excluding tert-OH is 1. The fourth-order valence-corrected chi connectivity index (χ4v) is 1.09. The first-order valence-corrected chi connectivity index (χ1v) is 5.07. The predicted molar refractivity (Wildman–Crippen MR) is 55.0 cm³/mol. The van der Waals surface area contributed by atoms with Gasteiger partial charge in [0.1, 0.15) is 0 Å². The molecule has 2 heterocycles. The molecule has 2 aliphatic rings.